The largest absolute Gasteiger partial charge is 0.434 e. The molecule has 168 valence electrons. The number of aromatic nitrogens is 1. The molecule has 6 nitrogen and oxygen atoms in total. The fraction of sp³-hybridized carbons (Fsp3) is 0.778. The second kappa shape index (κ2) is 12.9. The van der Waals surface area contributed by atoms with Crippen LogP contribution in [0.5, 0.6) is 0 Å². The number of halogens is 4. The summed E-state index contributed by atoms with van der Waals surface area (Å²) in [5, 5.41) is 7.87. The molecule has 2 rings (SSSR count). The Hall–Kier alpha value is -0.660. The molecule has 1 aromatic heterocycles. The molecular weight excluding hydrogens is 518 g/mol. The van der Waals surface area contributed by atoms with Gasteiger partial charge >= 0.3 is 6.18 Å². The summed E-state index contributed by atoms with van der Waals surface area (Å²) in [6, 6.07) is 0.351. The van der Waals surface area contributed by atoms with E-state index in [9.17, 15) is 13.2 Å². The van der Waals surface area contributed by atoms with Gasteiger partial charge in [0.25, 0.3) is 0 Å². The molecule has 0 saturated carbocycles. The number of nitrogens with zero attached hydrogens (tertiary/aromatic N) is 3. The minimum absolute atomic E-state index is 0. The van der Waals surface area contributed by atoms with Crippen molar-refractivity contribution in [3.05, 3.63) is 16.1 Å². The predicted octanol–water partition coefficient (Wildman–Crippen LogP) is 3.58. The van der Waals surface area contributed by atoms with E-state index < -0.39 is 11.9 Å². The fourth-order valence-corrected chi connectivity index (χ4v) is 3.79. The van der Waals surface area contributed by atoms with E-state index in [0.717, 1.165) is 56.0 Å². The van der Waals surface area contributed by atoms with Crippen molar-refractivity contribution in [2.45, 2.75) is 46.0 Å². The lowest BCUT2D eigenvalue weighted by Crippen LogP contribution is -2.51. The molecule has 1 unspecified atom stereocenters. The molecule has 0 bridgehead atoms. The smallest absolute Gasteiger partial charge is 0.379 e. The molecule has 0 spiro atoms. The molecular formula is C18H31F3IN5OS. The Kier molecular flexibility index (Phi) is 11.7. The average molecular weight is 549 g/mol. The van der Waals surface area contributed by atoms with Crippen LogP contribution in [0, 0.1) is 5.92 Å². The molecule has 2 heterocycles. The van der Waals surface area contributed by atoms with Gasteiger partial charge < -0.3 is 15.4 Å². The molecule has 2 N–H and O–H groups in total. The zero-order valence-electron chi connectivity index (χ0n) is 17.1. The lowest BCUT2D eigenvalue weighted by Gasteiger charge is -2.35. The van der Waals surface area contributed by atoms with E-state index >= 15 is 0 Å². The third-order valence-electron chi connectivity index (χ3n) is 4.37. The van der Waals surface area contributed by atoms with Crippen LogP contribution >= 0.6 is 35.3 Å². The third kappa shape index (κ3) is 9.35. The van der Waals surface area contributed by atoms with Gasteiger partial charge in [-0.3, -0.25) is 4.90 Å². The summed E-state index contributed by atoms with van der Waals surface area (Å²) in [5.74, 6) is 1.15. The van der Waals surface area contributed by atoms with Crippen LogP contribution in [0.3, 0.4) is 0 Å². The number of aliphatic imine (C=N–C) groups is 1. The number of guanidine groups is 1. The van der Waals surface area contributed by atoms with E-state index in [-0.39, 0.29) is 30.5 Å². The topological polar surface area (TPSA) is 61.8 Å². The van der Waals surface area contributed by atoms with Crippen LogP contribution in [0.15, 0.2) is 10.4 Å². The van der Waals surface area contributed by atoms with Gasteiger partial charge in [0, 0.05) is 37.6 Å². The van der Waals surface area contributed by atoms with Crippen LogP contribution in [0.25, 0.3) is 0 Å². The lowest BCUT2D eigenvalue weighted by atomic mass is 10.0. The second-order valence-corrected chi connectivity index (χ2v) is 8.07. The summed E-state index contributed by atoms with van der Waals surface area (Å²) >= 11 is 0.976. The number of nitrogens with one attached hydrogen (secondary N) is 2. The summed E-state index contributed by atoms with van der Waals surface area (Å²) in [7, 11) is 0. The maximum Gasteiger partial charge on any atom is 0.434 e. The van der Waals surface area contributed by atoms with Crippen molar-refractivity contribution >= 4 is 41.3 Å². The van der Waals surface area contributed by atoms with Crippen LogP contribution < -0.4 is 10.6 Å². The first kappa shape index (κ1) is 26.4. The molecule has 1 fully saturated rings. The van der Waals surface area contributed by atoms with Gasteiger partial charge in [0.15, 0.2) is 11.7 Å². The fourth-order valence-electron chi connectivity index (χ4n) is 3.06. The molecule has 0 aromatic carbocycles. The summed E-state index contributed by atoms with van der Waals surface area (Å²) in [6.45, 7) is 11.2. The number of ether oxygens (including phenoxy) is 1. The Labute approximate surface area is 191 Å². The Balaban J connectivity index is 0.00000420. The Morgan fingerprint density at radius 1 is 1.31 bits per heavy atom. The molecule has 1 atom stereocenters. The lowest BCUT2D eigenvalue weighted by molar-refractivity contribution is -0.140. The van der Waals surface area contributed by atoms with Crippen LogP contribution in [-0.2, 0) is 17.5 Å². The Morgan fingerprint density at radius 3 is 2.55 bits per heavy atom. The third-order valence-corrected chi connectivity index (χ3v) is 5.20. The van der Waals surface area contributed by atoms with Crippen LogP contribution in [0.1, 0.15) is 37.9 Å². The quantitative estimate of drug-likeness (QED) is 0.295. The highest BCUT2D eigenvalue weighted by atomic mass is 127. The van der Waals surface area contributed by atoms with E-state index in [1.54, 1.807) is 0 Å². The van der Waals surface area contributed by atoms with Gasteiger partial charge in [-0.25, -0.2) is 9.98 Å². The van der Waals surface area contributed by atoms with Gasteiger partial charge in [-0.2, -0.15) is 13.2 Å². The van der Waals surface area contributed by atoms with Crippen LogP contribution in [0.2, 0.25) is 0 Å². The second-order valence-electron chi connectivity index (χ2n) is 7.13. The summed E-state index contributed by atoms with van der Waals surface area (Å²) in [4.78, 5) is 10.5. The molecule has 1 saturated heterocycles. The monoisotopic (exact) mass is 549 g/mol. The highest BCUT2D eigenvalue weighted by molar-refractivity contribution is 14.0. The summed E-state index contributed by atoms with van der Waals surface area (Å²) in [6.07, 6.45) is -3.36. The predicted molar refractivity (Wildman–Crippen MR) is 121 cm³/mol. The molecule has 29 heavy (non-hydrogen) atoms. The standard InChI is InChI=1S/C18H30F3N5OS.HI/c1-4-22-17(24-11-16-25-15(12-28-16)18(19,20)21)23-10-14(9-13(2)3)26-5-7-27-8-6-26;/h12-14H,4-11H2,1-3H3,(H2,22,23,24);1H. The average Bonchev–Trinajstić information content (AvgIpc) is 3.13. The molecule has 0 amide bonds. The van der Waals surface area contributed by atoms with Crippen molar-refractivity contribution in [3.8, 4) is 0 Å². The van der Waals surface area contributed by atoms with Crippen LogP contribution in [0.4, 0.5) is 13.2 Å². The van der Waals surface area contributed by atoms with Gasteiger partial charge in [0.05, 0.1) is 19.8 Å². The van der Waals surface area contributed by atoms with Gasteiger partial charge in [0.1, 0.15) is 5.01 Å². The SMILES string of the molecule is CCNC(=NCc1nc(C(F)(F)F)cs1)NCC(CC(C)C)N1CCOCC1.I. The van der Waals surface area contributed by atoms with Gasteiger partial charge in [-0.1, -0.05) is 13.8 Å². The zero-order valence-corrected chi connectivity index (χ0v) is 20.2. The van der Waals surface area contributed by atoms with Crippen molar-refractivity contribution in [2.24, 2.45) is 10.9 Å². The molecule has 1 aromatic rings. The molecule has 1 aliphatic rings. The number of hydrogen-bond donors (Lipinski definition) is 2. The first-order valence-corrected chi connectivity index (χ1v) is 10.5. The Bertz CT molecular complexity index is 621. The van der Waals surface area contributed by atoms with E-state index in [1.165, 1.54) is 0 Å². The maximum atomic E-state index is 12.7. The summed E-state index contributed by atoms with van der Waals surface area (Å²) in [5.41, 5.74) is -0.857. The minimum atomic E-state index is -4.41. The molecule has 1 aliphatic heterocycles. The first-order valence-electron chi connectivity index (χ1n) is 9.65. The number of thiazole rings is 1. The zero-order chi connectivity index (χ0) is 20.6. The molecule has 11 heteroatoms. The highest BCUT2D eigenvalue weighted by Gasteiger charge is 2.33. The van der Waals surface area contributed by atoms with E-state index in [0.29, 0.717) is 29.5 Å². The van der Waals surface area contributed by atoms with Crippen molar-refractivity contribution < 1.29 is 17.9 Å². The van der Waals surface area contributed by atoms with Crippen molar-refractivity contribution in [2.75, 3.05) is 39.4 Å². The highest BCUT2D eigenvalue weighted by Crippen LogP contribution is 2.30. The Morgan fingerprint density at radius 2 is 2.00 bits per heavy atom. The summed E-state index contributed by atoms with van der Waals surface area (Å²) < 4.78 is 43.5. The van der Waals surface area contributed by atoms with Gasteiger partial charge in [-0.05, 0) is 19.3 Å². The van der Waals surface area contributed by atoms with Crippen molar-refractivity contribution in [1.29, 1.82) is 0 Å². The molecule has 0 aliphatic carbocycles. The van der Waals surface area contributed by atoms with E-state index in [1.807, 2.05) is 6.92 Å². The number of morpholine rings is 1. The number of rotatable bonds is 8. The van der Waals surface area contributed by atoms with E-state index in [4.69, 9.17) is 4.74 Å². The van der Waals surface area contributed by atoms with Gasteiger partial charge in [-0.15, -0.1) is 35.3 Å². The first-order chi connectivity index (χ1) is 13.3. The molecule has 0 radical (unpaired) electrons. The normalized spacial score (nSPS) is 17.1. The number of hydrogen-bond acceptors (Lipinski definition) is 5. The minimum Gasteiger partial charge on any atom is -0.379 e. The van der Waals surface area contributed by atoms with Crippen molar-refractivity contribution in [1.82, 2.24) is 20.5 Å². The number of alkyl halides is 3. The van der Waals surface area contributed by atoms with Crippen molar-refractivity contribution in [3.63, 3.8) is 0 Å². The van der Waals surface area contributed by atoms with E-state index in [2.05, 4.69) is 39.4 Å². The van der Waals surface area contributed by atoms with Crippen LogP contribution in [-0.4, -0.2) is 61.3 Å². The maximum absolute atomic E-state index is 12.7. The van der Waals surface area contributed by atoms with Gasteiger partial charge in [0.2, 0.25) is 0 Å².